The Bertz CT molecular complexity index is 861. The third-order valence-electron chi connectivity index (χ3n) is 5.41. The molecule has 1 fully saturated rings. The molecule has 8 heteroatoms. The largest absolute Gasteiger partial charge is 0.493 e. The number of rotatable bonds is 9. The minimum Gasteiger partial charge on any atom is -0.493 e. The maximum absolute atomic E-state index is 6.03. The van der Waals surface area contributed by atoms with Crippen LogP contribution >= 0.6 is 0 Å². The number of aliphatic imine (C=N–C) groups is 1. The van der Waals surface area contributed by atoms with Crippen LogP contribution in [0, 0.1) is 5.92 Å². The maximum Gasteiger partial charge on any atom is 0.191 e. The summed E-state index contributed by atoms with van der Waals surface area (Å²) in [6.07, 6.45) is 4.47. The molecule has 1 aromatic heterocycles. The van der Waals surface area contributed by atoms with Crippen molar-refractivity contribution in [2.45, 2.75) is 58.3 Å². The van der Waals surface area contributed by atoms with E-state index in [-0.39, 0.29) is 6.04 Å². The molecule has 162 valence electrons. The van der Waals surface area contributed by atoms with Gasteiger partial charge in [-0.3, -0.25) is 0 Å². The van der Waals surface area contributed by atoms with Gasteiger partial charge in [0.25, 0.3) is 0 Å². The van der Waals surface area contributed by atoms with Crippen LogP contribution in [-0.4, -0.2) is 47.0 Å². The zero-order valence-electron chi connectivity index (χ0n) is 17.9. The van der Waals surface area contributed by atoms with E-state index in [9.17, 15) is 0 Å². The number of nitrogens with zero attached hydrogens (tertiary/aromatic N) is 4. The molecule has 2 N–H and O–H groups in total. The first-order valence-corrected chi connectivity index (χ1v) is 10.9. The first-order valence-electron chi connectivity index (χ1n) is 10.9. The molecule has 30 heavy (non-hydrogen) atoms. The molecule has 0 saturated heterocycles. The Morgan fingerprint density at radius 1 is 1.27 bits per heavy atom. The summed E-state index contributed by atoms with van der Waals surface area (Å²) in [5, 5.41) is 11.5. The van der Waals surface area contributed by atoms with Crippen LogP contribution in [0.5, 0.6) is 5.75 Å². The summed E-state index contributed by atoms with van der Waals surface area (Å²) in [6.45, 7) is 5.51. The average Bonchev–Trinajstić information content (AvgIpc) is 3.50. The van der Waals surface area contributed by atoms with Crippen molar-refractivity contribution in [1.29, 1.82) is 0 Å². The number of aryl methyl sites for hydroxylation is 1. The average molecular weight is 413 g/mol. The van der Waals surface area contributed by atoms with Crippen LogP contribution in [-0.2, 0) is 30.9 Å². The van der Waals surface area contributed by atoms with Crippen molar-refractivity contribution in [2.24, 2.45) is 10.9 Å². The molecule has 1 atom stereocenters. The third kappa shape index (κ3) is 5.50. The molecule has 0 radical (unpaired) electrons. The van der Waals surface area contributed by atoms with Crippen molar-refractivity contribution < 1.29 is 9.47 Å². The molecule has 8 nitrogen and oxygen atoms in total. The van der Waals surface area contributed by atoms with Crippen molar-refractivity contribution >= 4 is 5.96 Å². The molecule has 1 unspecified atom stereocenters. The minimum absolute atomic E-state index is 0.258. The first-order chi connectivity index (χ1) is 14.7. The Balaban J connectivity index is 1.38. The van der Waals surface area contributed by atoms with Crippen LogP contribution in [0.25, 0.3) is 0 Å². The smallest absolute Gasteiger partial charge is 0.191 e. The van der Waals surface area contributed by atoms with Crippen LogP contribution in [0.3, 0.4) is 0 Å². The van der Waals surface area contributed by atoms with Gasteiger partial charge in [-0.1, -0.05) is 18.2 Å². The number of fused-ring (bicyclic) bond motifs is 1. The predicted octanol–water partition coefficient (Wildman–Crippen LogP) is 2.28. The normalized spacial score (nSPS) is 18.7. The lowest BCUT2D eigenvalue weighted by Gasteiger charge is -2.25. The number of benzene rings is 1. The molecule has 0 amide bonds. The summed E-state index contributed by atoms with van der Waals surface area (Å²) in [5.74, 6) is 4.28. The quantitative estimate of drug-likeness (QED) is 0.486. The Morgan fingerprint density at radius 3 is 2.93 bits per heavy atom. The van der Waals surface area contributed by atoms with E-state index in [2.05, 4.69) is 33.7 Å². The van der Waals surface area contributed by atoms with Gasteiger partial charge >= 0.3 is 0 Å². The van der Waals surface area contributed by atoms with Crippen molar-refractivity contribution in [3.05, 3.63) is 41.5 Å². The van der Waals surface area contributed by atoms with Gasteiger partial charge in [-0.2, -0.15) is 5.10 Å². The lowest BCUT2D eigenvalue weighted by molar-refractivity contribution is 0.177. The number of ether oxygens (including phenoxy) is 2. The summed E-state index contributed by atoms with van der Waals surface area (Å²) >= 11 is 0. The van der Waals surface area contributed by atoms with E-state index in [0.717, 1.165) is 67.4 Å². The van der Waals surface area contributed by atoms with Crippen LogP contribution in [0.1, 0.15) is 43.4 Å². The molecule has 1 aliphatic carbocycles. The van der Waals surface area contributed by atoms with Gasteiger partial charge in [0.15, 0.2) is 11.8 Å². The molecule has 2 aliphatic rings. The fraction of sp³-hybridized carbons (Fsp3) is 0.591. The summed E-state index contributed by atoms with van der Waals surface area (Å²) in [7, 11) is 1.67. The lowest BCUT2D eigenvalue weighted by atomic mass is 10.1. The van der Waals surface area contributed by atoms with Gasteiger partial charge in [-0.15, -0.1) is 0 Å². The highest BCUT2D eigenvalue weighted by Crippen LogP contribution is 2.30. The highest BCUT2D eigenvalue weighted by Gasteiger charge is 2.23. The van der Waals surface area contributed by atoms with E-state index < -0.39 is 0 Å². The molecule has 2 aromatic rings. The number of aromatic nitrogens is 3. The second-order valence-corrected chi connectivity index (χ2v) is 8.00. The molecule has 1 aromatic carbocycles. The summed E-state index contributed by atoms with van der Waals surface area (Å²) in [4.78, 5) is 9.37. The highest BCUT2D eigenvalue weighted by molar-refractivity contribution is 5.80. The van der Waals surface area contributed by atoms with Crippen molar-refractivity contribution in [1.82, 2.24) is 25.4 Å². The third-order valence-corrected chi connectivity index (χ3v) is 5.41. The van der Waals surface area contributed by atoms with Gasteiger partial charge in [0, 0.05) is 31.7 Å². The van der Waals surface area contributed by atoms with Gasteiger partial charge in [0.05, 0.1) is 19.7 Å². The van der Waals surface area contributed by atoms with E-state index >= 15 is 0 Å². The molecule has 0 spiro atoms. The second-order valence-electron chi connectivity index (χ2n) is 8.00. The molecule has 0 bridgehead atoms. The van der Waals surface area contributed by atoms with Crippen molar-refractivity contribution in [3.8, 4) is 5.75 Å². The van der Waals surface area contributed by atoms with Crippen LogP contribution in [0.15, 0.2) is 29.3 Å². The standard InChI is InChI=1S/C22H32N6O2/c1-3-23-22(24-12-17-6-4-5-7-19(17)30-14-16-8-9-16)25-18-10-11-21-26-20(15-29-2)27-28(21)13-18/h4-7,16,18H,3,8-15H2,1-2H3,(H2,23,24,25). The Labute approximate surface area is 178 Å². The molecule has 1 aliphatic heterocycles. The van der Waals surface area contributed by atoms with E-state index in [1.165, 1.54) is 12.8 Å². The van der Waals surface area contributed by atoms with Crippen LogP contribution in [0.4, 0.5) is 0 Å². The van der Waals surface area contributed by atoms with Gasteiger partial charge in [-0.25, -0.2) is 14.7 Å². The number of para-hydroxylation sites is 1. The fourth-order valence-electron chi connectivity index (χ4n) is 3.61. The fourth-order valence-corrected chi connectivity index (χ4v) is 3.61. The molecule has 1 saturated carbocycles. The first kappa shape index (κ1) is 20.7. The number of hydrogen-bond donors (Lipinski definition) is 2. The second kappa shape index (κ2) is 9.93. The van der Waals surface area contributed by atoms with Crippen LogP contribution in [0.2, 0.25) is 0 Å². The highest BCUT2D eigenvalue weighted by atomic mass is 16.5. The Hall–Kier alpha value is -2.61. The number of hydrogen-bond acceptors (Lipinski definition) is 5. The minimum atomic E-state index is 0.258. The van der Waals surface area contributed by atoms with Gasteiger partial charge < -0.3 is 20.1 Å². The van der Waals surface area contributed by atoms with E-state index in [4.69, 9.17) is 14.5 Å². The number of methoxy groups -OCH3 is 1. The van der Waals surface area contributed by atoms with Gasteiger partial charge in [-0.05, 0) is 38.2 Å². The van der Waals surface area contributed by atoms with Gasteiger partial charge in [0.1, 0.15) is 18.2 Å². The Kier molecular flexibility index (Phi) is 6.84. The lowest BCUT2D eigenvalue weighted by Crippen LogP contribution is -2.47. The SMILES string of the molecule is CCNC(=NCc1ccccc1OCC1CC1)NC1CCc2nc(COC)nn2C1. The maximum atomic E-state index is 6.03. The topological polar surface area (TPSA) is 85.6 Å². The Morgan fingerprint density at radius 2 is 2.13 bits per heavy atom. The van der Waals surface area contributed by atoms with Crippen molar-refractivity contribution in [3.63, 3.8) is 0 Å². The van der Waals surface area contributed by atoms with Crippen molar-refractivity contribution in [2.75, 3.05) is 20.3 Å². The molecular weight excluding hydrogens is 380 g/mol. The monoisotopic (exact) mass is 412 g/mol. The predicted molar refractivity (Wildman–Crippen MR) is 115 cm³/mol. The van der Waals surface area contributed by atoms with E-state index in [0.29, 0.717) is 13.2 Å². The number of guanidine groups is 1. The summed E-state index contributed by atoms with van der Waals surface area (Å²) in [6, 6.07) is 8.45. The zero-order valence-corrected chi connectivity index (χ0v) is 17.9. The summed E-state index contributed by atoms with van der Waals surface area (Å²) < 4.78 is 13.2. The summed E-state index contributed by atoms with van der Waals surface area (Å²) in [5.41, 5.74) is 1.11. The zero-order chi connectivity index (χ0) is 20.8. The van der Waals surface area contributed by atoms with Crippen LogP contribution < -0.4 is 15.4 Å². The molecule has 2 heterocycles. The van der Waals surface area contributed by atoms with E-state index in [1.807, 2.05) is 22.9 Å². The molecular formula is C22H32N6O2. The number of nitrogens with one attached hydrogen (secondary N) is 2. The van der Waals surface area contributed by atoms with E-state index in [1.54, 1.807) is 7.11 Å². The van der Waals surface area contributed by atoms with Gasteiger partial charge in [0.2, 0.25) is 0 Å². The molecule has 4 rings (SSSR count).